The lowest BCUT2D eigenvalue weighted by Gasteiger charge is -2.08. The van der Waals surface area contributed by atoms with Gasteiger partial charge in [-0.1, -0.05) is 6.07 Å². The Labute approximate surface area is 188 Å². The molecule has 8 heteroatoms. The van der Waals surface area contributed by atoms with Gasteiger partial charge in [-0.2, -0.15) is 0 Å². The van der Waals surface area contributed by atoms with Crippen LogP contribution in [0.15, 0.2) is 66.4 Å². The maximum atomic E-state index is 12.9. The molecule has 0 saturated heterocycles. The highest BCUT2D eigenvalue weighted by molar-refractivity contribution is 7.14. The van der Waals surface area contributed by atoms with Gasteiger partial charge in [-0.15, -0.1) is 11.3 Å². The lowest BCUT2D eigenvalue weighted by Crippen LogP contribution is -2.17. The van der Waals surface area contributed by atoms with Crippen LogP contribution in [0.5, 0.6) is 11.5 Å². The normalized spacial score (nSPS) is 18.5. The summed E-state index contributed by atoms with van der Waals surface area (Å²) >= 11 is 1.47. The summed E-state index contributed by atoms with van der Waals surface area (Å²) in [6.45, 7) is 0.897. The molecule has 7 nitrogen and oxygen atoms in total. The number of carbonyl (C=O) groups excluding carboxylic acids is 1. The molecular weight excluding hydrogens is 424 g/mol. The summed E-state index contributed by atoms with van der Waals surface area (Å²) < 4.78 is 12.8. The molecule has 3 aromatic heterocycles. The van der Waals surface area contributed by atoms with E-state index < -0.39 is 0 Å². The second-order valence-electron chi connectivity index (χ2n) is 7.97. The molecule has 1 saturated carbocycles. The van der Waals surface area contributed by atoms with Gasteiger partial charge >= 0.3 is 0 Å². The van der Waals surface area contributed by atoms with Crippen LogP contribution in [-0.2, 0) is 6.54 Å². The van der Waals surface area contributed by atoms with Gasteiger partial charge in [0.05, 0.1) is 5.69 Å². The molecule has 2 aliphatic rings. The molecule has 1 fully saturated rings. The minimum atomic E-state index is -0.159. The molecule has 6 rings (SSSR count). The van der Waals surface area contributed by atoms with Crippen LogP contribution >= 0.6 is 11.3 Å². The maximum absolute atomic E-state index is 12.9. The van der Waals surface area contributed by atoms with Crippen molar-refractivity contribution in [1.82, 2.24) is 14.5 Å². The Bertz CT molecular complexity index is 1280. The molecule has 160 valence electrons. The number of ether oxygens (including phenoxy) is 2. The van der Waals surface area contributed by atoms with Crippen molar-refractivity contribution in [2.45, 2.75) is 24.8 Å². The van der Waals surface area contributed by atoms with Gasteiger partial charge in [-0.3, -0.25) is 15.1 Å². The second kappa shape index (κ2) is 7.80. The molecule has 32 heavy (non-hydrogen) atoms. The molecule has 0 bridgehead atoms. The average molecular weight is 445 g/mol. The number of nitrogens with one attached hydrogen (secondary N) is 1. The first-order chi connectivity index (χ1) is 15.7. The van der Waals surface area contributed by atoms with Crippen molar-refractivity contribution in [1.29, 1.82) is 0 Å². The average Bonchev–Trinajstić information content (AvgIpc) is 3.16. The van der Waals surface area contributed by atoms with Crippen LogP contribution in [0.25, 0.3) is 0 Å². The van der Waals surface area contributed by atoms with Crippen molar-refractivity contribution in [2.24, 2.45) is 0 Å². The van der Waals surface area contributed by atoms with Crippen LogP contribution in [0.3, 0.4) is 0 Å². The van der Waals surface area contributed by atoms with E-state index in [1.165, 1.54) is 16.9 Å². The first kappa shape index (κ1) is 19.1. The Morgan fingerprint density at radius 3 is 2.91 bits per heavy atom. The molecule has 2 atom stereocenters. The number of nitrogens with zero attached hydrogens (tertiary/aromatic N) is 3. The first-order valence-electron chi connectivity index (χ1n) is 10.4. The molecule has 1 N–H and O–H groups in total. The quantitative estimate of drug-likeness (QED) is 0.469. The number of benzene rings is 1. The van der Waals surface area contributed by atoms with E-state index in [2.05, 4.69) is 22.4 Å². The molecule has 1 aliphatic carbocycles. The van der Waals surface area contributed by atoms with Crippen LogP contribution in [0.1, 0.15) is 45.6 Å². The van der Waals surface area contributed by atoms with Crippen molar-refractivity contribution in [3.63, 3.8) is 0 Å². The zero-order valence-electron chi connectivity index (χ0n) is 17.1. The third-order valence-corrected chi connectivity index (χ3v) is 6.68. The minimum absolute atomic E-state index is 0.159. The molecule has 1 aromatic carbocycles. The Morgan fingerprint density at radius 2 is 2.00 bits per heavy atom. The van der Waals surface area contributed by atoms with Crippen LogP contribution in [0.2, 0.25) is 0 Å². The molecule has 0 radical (unpaired) electrons. The first-order valence-corrected chi connectivity index (χ1v) is 11.3. The van der Waals surface area contributed by atoms with Crippen molar-refractivity contribution in [3.05, 3.63) is 88.9 Å². The number of fused-ring (bicyclic) bond motifs is 1. The van der Waals surface area contributed by atoms with E-state index in [0.717, 1.165) is 29.2 Å². The molecule has 1 amide bonds. The van der Waals surface area contributed by atoms with Crippen LogP contribution in [-0.4, -0.2) is 27.2 Å². The third-order valence-electron chi connectivity index (χ3n) is 5.90. The van der Waals surface area contributed by atoms with Crippen LogP contribution in [0.4, 0.5) is 5.13 Å². The SMILES string of the molecule is O=C(Nc1nc([C@@H]2C[C@@H]2c2ccc3c(c2)OCO3)cs1)c1cccn1Cc1ccncc1. The second-order valence-corrected chi connectivity index (χ2v) is 8.83. The van der Waals surface area contributed by atoms with E-state index in [0.29, 0.717) is 29.2 Å². The van der Waals surface area contributed by atoms with E-state index in [9.17, 15) is 4.79 Å². The molecule has 0 spiro atoms. The Morgan fingerprint density at radius 1 is 1.12 bits per heavy atom. The standard InChI is InChI=1S/C24H20N4O3S/c29-23(20-2-1-9-28(20)12-15-5-7-25-8-6-15)27-24-26-19(13-32-24)18-11-17(18)16-3-4-21-22(10-16)31-14-30-21/h1-10,13,17-18H,11-12,14H2,(H,26,27,29)/t17-,18-/m1/s1. The zero-order chi connectivity index (χ0) is 21.5. The molecule has 1 aliphatic heterocycles. The van der Waals surface area contributed by atoms with Crippen molar-refractivity contribution < 1.29 is 14.3 Å². The summed E-state index contributed by atoms with van der Waals surface area (Å²) in [6.07, 6.45) is 6.46. The zero-order valence-corrected chi connectivity index (χ0v) is 17.9. The number of pyridine rings is 1. The highest BCUT2D eigenvalue weighted by Gasteiger charge is 2.41. The fourth-order valence-corrected chi connectivity index (χ4v) is 4.92. The molecular formula is C24H20N4O3S. The highest BCUT2D eigenvalue weighted by Crippen LogP contribution is 2.56. The van der Waals surface area contributed by atoms with E-state index in [4.69, 9.17) is 14.5 Å². The number of hydrogen-bond donors (Lipinski definition) is 1. The van der Waals surface area contributed by atoms with Crippen molar-refractivity contribution in [2.75, 3.05) is 12.1 Å². The van der Waals surface area contributed by atoms with Gasteiger partial charge in [0.2, 0.25) is 6.79 Å². The summed E-state index contributed by atoms with van der Waals surface area (Å²) in [4.78, 5) is 21.6. The van der Waals surface area contributed by atoms with E-state index >= 15 is 0 Å². The summed E-state index contributed by atoms with van der Waals surface area (Å²) in [5.74, 6) is 2.25. The summed E-state index contributed by atoms with van der Waals surface area (Å²) in [7, 11) is 0. The minimum Gasteiger partial charge on any atom is -0.454 e. The summed E-state index contributed by atoms with van der Waals surface area (Å²) in [5.41, 5.74) is 3.96. The lowest BCUT2D eigenvalue weighted by atomic mass is 10.1. The predicted octanol–water partition coefficient (Wildman–Crippen LogP) is 4.64. The molecule has 4 aromatic rings. The van der Waals surface area contributed by atoms with Gasteiger partial charge in [0.1, 0.15) is 5.69 Å². The van der Waals surface area contributed by atoms with Crippen molar-refractivity contribution >= 4 is 22.4 Å². The number of thiazole rings is 1. The van der Waals surface area contributed by atoms with E-state index in [1.54, 1.807) is 12.4 Å². The smallest absolute Gasteiger partial charge is 0.274 e. The summed E-state index contributed by atoms with van der Waals surface area (Å²) in [5, 5.41) is 5.63. The number of aromatic nitrogens is 3. The molecule has 4 heterocycles. The number of hydrogen-bond acceptors (Lipinski definition) is 6. The van der Waals surface area contributed by atoms with Gasteiger partial charge in [0, 0.05) is 36.4 Å². The maximum Gasteiger partial charge on any atom is 0.274 e. The topological polar surface area (TPSA) is 78.3 Å². The fraction of sp³-hybridized carbons (Fsp3) is 0.208. The van der Waals surface area contributed by atoms with Crippen LogP contribution < -0.4 is 14.8 Å². The number of anilines is 1. The van der Waals surface area contributed by atoms with Crippen LogP contribution in [0, 0.1) is 0 Å². The number of rotatable bonds is 6. The largest absolute Gasteiger partial charge is 0.454 e. The van der Waals surface area contributed by atoms with Gasteiger partial charge in [-0.05, 0) is 59.9 Å². The van der Waals surface area contributed by atoms with Gasteiger partial charge in [0.25, 0.3) is 5.91 Å². The summed E-state index contributed by atoms with van der Waals surface area (Å²) in [6, 6.07) is 13.7. The van der Waals surface area contributed by atoms with E-state index in [1.807, 2.05) is 46.5 Å². The number of amides is 1. The highest BCUT2D eigenvalue weighted by atomic mass is 32.1. The Balaban J connectivity index is 1.12. The van der Waals surface area contributed by atoms with Gasteiger partial charge < -0.3 is 14.0 Å². The Kier molecular flexibility index (Phi) is 4.65. The predicted molar refractivity (Wildman–Crippen MR) is 121 cm³/mol. The molecule has 0 unspecified atom stereocenters. The van der Waals surface area contributed by atoms with Gasteiger partial charge in [0.15, 0.2) is 16.6 Å². The monoisotopic (exact) mass is 444 g/mol. The van der Waals surface area contributed by atoms with E-state index in [-0.39, 0.29) is 12.7 Å². The van der Waals surface area contributed by atoms with Gasteiger partial charge in [-0.25, -0.2) is 4.98 Å². The fourth-order valence-electron chi connectivity index (χ4n) is 4.15. The Hall–Kier alpha value is -3.65. The lowest BCUT2D eigenvalue weighted by molar-refractivity contribution is 0.101. The number of carbonyl (C=O) groups is 1. The third kappa shape index (κ3) is 3.62. The van der Waals surface area contributed by atoms with Crippen molar-refractivity contribution in [3.8, 4) is 11.5 Å².